The van der Waals surface area contributed by atoms with Crippen LogP contribution in [0, 0.1) is 34.5 Å². The molecule has 342 valence electrons. The van der Waals surface area contributed by atoms with E-state index in [0.29, 0.717) is 31.8 Å². The molecule has 0 unspecified atom stereocenters. The van der Waals surface area contributed by atoms with Gasteiger partial charge in [-0.1, -0.05) is 13.8 Å². The van der Waals surface area contributed by atoms with Crippen molar-refractivity contribution in [3.8, 4) is 0 Å². The summed E-state index contributed by atoms with van der Waals surface area (Å²) in [5.74, 6) is 0.561. The molecule has 0 aromatic carbocycles. The van der Waals surface area contributed by atoms with Crippen molar-refractivity contribution >= 4 is 5.97 Å². The van der Waals surface area contributed by atoms with E-state index in [2.05, 4.69) is 13.8 Å². The lowest BCUT2D eigenvalue weighted by Crippen LogP contribution is -2.63. The van der Waals surface area contributed by atoms with Crippen LogP contribution in [0.4, 0.5) is 0 Å². The second kappa shape index (κ2) is 17.2. The van der Waals surface area contributed by atoms with Gasteiger partial charge in [0.25, 0.3) is 0 Å². The average molecular weight is 859 g/mol. The Morgan fingerprint density at radius 3 is 1.97 bits per heavy atom. The highest BCUT2D eigenvalue weighted by Gasteiger charge is 2.68. The molecule has 60 heavy (non-hydrogen) atoms. The van der Waals surface area contributed by atoms with Gasteiger partial charge >= 0.3 is 5.97 Å². The molecule has 7 fully saturated rings. The Kier molecular flexibility index (Phi) is 12.9. The van der Waals surface area contributed by atoms with Crippen molar-refractivity contribution in [3.05, 3.63) is 11.6 Å². The smallest absolute Gasteiger partial charge is 0.331 e. The molecule has 4 aliphatic heterocycles. The Morgan fingerprint density at radius 2 is 1.33 bits per heavy atom. The monoisotopic (exact) mass is 858 g/mol. The molecule has 18 heteroatoms. The van der Waals surface area contributed by atoms with E-state index in [-0.39, 0.29) is 40.7 Å². The third kappa shape index (κ3) is 7.60. The lowest BCUT2D eigenvalue weighted by atomic mass is 9.43. The van der Waals surface area contributed by atoms with Gasteiger partial charge in [-0.2, -0.15) is 0 Å². The van der Waals surface area contributed by atoms with E-state index in [1.54, 1.807) is 13.0 Å². The van der Waals surface area contributed by atoms with Gasteiger partial charge in [-0.3, -0.25) is 0 Å². The number of aliphatic hydroxyl groups excluding tert-OH is 8. The Hall–Kier alpha value is -1.43. The first kappa shape index (κ1) is 45.1. The fraction of sp³-hybridized carbons (Fsp3) is 0.929. The van der Waals surface area contributed by atoms with Crippen molar-refractivity contribution in [1.29, 1.82) is 0 Å². The van der Waals surface area contributed by atoms with Crippen LogP contribution < -0.4 is 0 Å². The zero-order chi connectivity index (χ0) is 43.1. The normalized spacial score (nSPS) is 54.4. The minimum absolute atomic E-state index is 0.0415. The zero-order valence-corrected chi connectivity index (χ0v) is 34.8. The fourth-order valence-corrected chi connectivity index (χ4v) is 12.8. The standard InChI is InChI=1S/C42H66O18/c1-18-28(44)36(53-4)35(51)38(57-18)56-16-25-29(45)31(47)33(49)37(59-25)55-17-26-30(46)32(48)34(50)39(60-26)58-21-7-10-40(2)20(14-21)5-6-24-23(40)8-11-41(3)22(9-12-42(24,41)52)19-13-27(43)54-15-19/h13,18,20-26,28-39,44-52H,5-12,14-17H2,1-4H3/t18-,20-,21-,22-,23+,24-,25+,26-,28-,29+,30-,31+,32+,33+,34-,35+,36-,37+,38+,39-,40+,41-,42-/m0/s1. The Morgan fingerprint density at radius 1 is 0.700 bits per heavy atom. The topological polar surface area (TPSA) is 273 Å². The molecule has 0 bridgehead atoms. The highest BCUT2D eigenvalue weighted by atomic mass is 16.7. The molecule has 4 saturated carbocycles. The summed E-state index contributed by atoms with van der Waals surface area (Å²) >= 11 is 0. The van der Waals surface area contributed by atoms with Gasteiger partial charge in [-0.05, 0) is 99.4 Å². The molecule has 8 aliphatic rings. The number of cyclic esters (lactones) is 1. The van der Waals surface area contributed by atoms with Gasteiger partial charge in [0.2, 0.25) is 0 Å². The van der Waals surface area contributed by atoms with E-state index in [9.17, 15) is 50.8 Å². The number of rotatable bonds is 10. The van der Waals surface area contributed by atoms with Crippen molar-refractivity contribution in [2.75, 3.05) is 26.9 Å². The number of methoxy groups -OCH3 is 1. The van der Waals surface area contributed by atoms with Gasteiger partial charge in [0.1, 0.15) is 73.8 Å². The molecule has 0 amide bonds. The van der Waals surface area contributed by atoms with Crippen LogP contribution in [0.5, 0.6) is 0 Å². The van der Waals surface area contributed by atoms with Crippen molar-refractivity contribution in [1.82, 2.24) is 0 Å². The van der Waals surface area contributed by atoms with Crippen LogP contribution in [0.3, 0.4) is 0 Å². The summed E-state index contributed by atoms with van der Waals surface area (Å²) in [7, 11) is 1.32. The van der Waals surface area contributed by atoms with Crippen molar-refractivity contribution < 1.29 is 88.6 Å². The predicted octanol–water partition coefficient (Wildman–Crippen LogP) is -1.24. The largest absolute Gasteiger partial charge is 0.458 e. The van der Waals surface area contributed by atoms with Gasteiger partial charge in [-0.15, -0.1) is 0 Å². The highest BCUT2D eigenvalue weighted by molar-refractivity contribution is 5.85. The van der Waals surface area contributed by atoms with Gasteiger partial charge in [0.05, 0.1) is 31.0 Å². The maximum atomic E-state index is 12.6. The third-order valence-electron chi connectivity index (χ3n) is 16.5. The lowest BCUT2D eigenvalue weighted by Gasteiger charge is -2.64. The molecule has 4 heterocycles. The number of carbonyl (C=O) groups excluding carboxylic acids is 1. The number of carbonyl (C=O) groups is 1. The van der Waals surface area contributed by atoms with Crippen LogP contribution in [0.25, 0.3) is 0 Å². The molecular weight excluding hydrogens is 792 g/mol. The molecule has 3 saturated heterocycles. The summed E-state index contributed by atoms with van der Waals surface area (Å²) in [5.41, 5.74) is -0.197. The summed E-state index contributed by atoms with van der Waals surface area (Å²) in [4.78, 5) is 11.9. The second-order valence-corrected chi connectivity index (χ2v) is 19.4. The Labute approximate surface area is 349 Å². The maximum absolute atomic E-state index is 12.6. The summed E-state index contributed by atoms with van der Waals surface area (Å²) in [6.07, 6.45) is -12.3. The van der Waals surface area contributed by atoms with Gasteiger partial charge in [-0.25, -0.2) is 4.79 Å². The van der Waals surface area contributed by atoms with Crippen LogP contribution in [0.2, 0.25) is 0 Å². The van der Waals surface area contributed by atoms with E-state index in [1.165, 1.54) is 7.11 Å². The highest BCUT2D eigenvalue weighted by Crippen LogP contribution is 2.70. The van der Waals surface area contributed by atoms with E-state index in [4.69, 9.17) is 37.9 Å². The maximum Gasteiger partial charge on any atom is 0.331 e. The summed E-state index contributed by atoms with van der Waals surface area (Å²) in [5, 5.41) is 98.3. The molecule has 4 aliphatic carbocycles. The quantitative estimate of drug-likeness (QED) is 0.0918. The predicted molar refractivity (Wildman–Crippen MR) is 203 cm³/mol. The van der Waals surface area contributed by atoms with Crippen LogP contribution in [-0.4, -0.2) is 183 Å². The van der Waals surface area contributed by atoms with Gasteiger partial charge < -0.3 is 83.9 Å². The van der Waals surface area contributed by atoms with Gasteiger partial charge in [0, 0.05) is 18.6 Å². The minimum atomic E-state index is -1.75. The molecule has 0 radical (unpaired) electrons. The van der Waals surface area contributed by atoms with Crippen LogP contribution in [-0.2, 0) is 42.7 Å². The molecule has 0 spiro atoms. The van der Waals surface area contributed by atoms with Crippen molar-refractivity contribution in [3.63, 3.8) is 0 Å². The molecule has 8 rings (SSSR count). The second-order valence-electron chi connectivity index (χ2n) is 19.4. The lowest BCUT2D eigenvalue weighted by molar-refractivity contribution is -0.345. The number of hydrogen-bond donors (Lipinski definition) is 9. The molecular formula is C42H66O18. The first-order chi connectivity index (χ1) is 28.4. The Balaban J connectivity index is 0.864. The molecule has 9 N–H and O–H groups in total. The van der Waals surface area contributed by atoms with E-state index < -0.39 is 111 Å². The fourth-order valence-electron chi connectivity index (χ4n) is 12.8. The number of hydrogen-bond acceptors (Lipinski definition) is 18. The number of esters is 1. The average Bonchev–Trinajstić information content (AvgIpc) is 3.77. The Bertz CT molecular complexity index is 1570. The summed E-state index contributed by atoms with van der Waals surface area (Å²) in [6, 6.07) is 0. The third-order valence-corrected chi connectivity index (χ3v) is 16.5. The first-order valence-electron chi connectivity index (χ1n) is 21.8. The summed E-state index contributed by atoms with van der Waals surface area (Å²) in [6.45, 7) is 5.52. The molecule has 23 atom stereocenters. The number of ether oxygens (including phenoxy) is 8. The van der Waals surface area contributed by atoms with E-state index in [0.717, 1.165) is 44.1 Å². The SMILES string of the molecule is CO[C@H]1[C@@H](O)[C@H](C)O[C@@H](OC[C@H]2O[C@@H](OC[C@@H]3O[C@H](O[C@H]4CC[C@]5(C)[C@@H](CC[C@H]6[C@H]5CC[C@@]5(C)[C@H](C7=CC(=O)OC7)CC[C@]65O)C4)[C@@H](O)[C@H](O)[C@H]3O)[C@H](O)[C@H](O)[C@@H]2O)[C@@H]1O. The summed E-state index contributed by atoms with van der Waals surface area (Å²) < 4.78 is 45.6. The van der Waals surface area contributed by atoms with Crippen molar-refractivity contribution in [2.24, 2.45) is 34.5 Å². The zero-order valence-electron chi connectivity index (χ0n) is 34.8. The number of fused-ring (bicyclic) bond motifs is 5. The van der Waals surface area contributed by atoms with E-state index >= 15 is 0 Å². The molecule has 18 nitrogen and oxygen atoms in total. The van der Waals surface area contributed by atoms with Crippen LogP contribution in [0.15, 0.2) is 11.6 Å². The number of aliphatic hydroxyl groups is 9. The van der Waals surface area contributed by atoms with Crippen molar-refractivity contribution in [2.45, 2.75) is 182 Å². The first-order valence-corrected chi connectivity index (χ1v) is 21.8. The molecule has 0 aromatic rings. The van der Waals surface area contributed by atoms with Crippen LogP contribution >= 0.6 is 0 Å². The van der Waals surface area contributed by atoms with Crippen LogP contribution in [0.1, 0.15) is 78.6 Å². The minimum Gasteiger partial charge on any atom is -0.458 e. The molecule has 0 aromatic heterocycles. The van der Waals surface area contributed by atoms with E-state index in [1.807, 2.05) is 0 Å². The van der Waals surface area contributed by atoms with Gasteiger partial charge in [0.15, 0.2) is 18.9 Å².